The maximum atomic E-state index is 13.4. The fourth-order valence-corrected chi connectivity index (χ4v) is 4.67. The molecule has 0 bridgehead atoms. The predicted molar refractivity (Wildman–Crippen MR) is 177 cm³/mol. The number of benzene rings is 1. The zero-order chi connectivity index (χ0) is 35.6. The highest BCUT2D eigenvalue weighted by Gasteiger charge is 2.29. The number of likely N-dealkylation sites (N-methyl/N-ethyl adjacent to an activating group) is 1. The number of urea groups is 1. The van der Waals surface area contributed by atoms with E-state index in [1.54, 1.807) is 45.2 Å². The summed E-state index contributed by atoms with van der Waals surface area (Å²) in [5, 5.41) is 10.7. The fraction of sp³-hybridized carbons (Fsp3) is 0.531. The van der Waals surface area contributed by atoms with Gasteiger partial charge in [-0.05, 0) is 49.3 Å². The number of ether oxygens (including phenoxy) is 1. The van der Waals surface area contributed by atoms with E-state index in [0.29, 0.717) is 50.0 Å². The van der Waals surface area contributed by atoms with Crippen molar-refractivity contribution in [1.29, 1.82) is 0 Å². The predicted octanol–water partition coefficient (Wildman–Crippen LogP) is 0.712. The van der Waals surface area contributed by atoms with Gasteiger partial charge in [0.05, 0.1) is 0 Å². The maximum absolute atomic E-state index is 13.4. The molecule has 1 aromatic rings. The average Bonchev–Trinajstić information content (AvgIpc) is 3.36. The molecular formula is C32H48N8O8. The number of hydrogen-bond acceptors (Lipinski definition) is 9. The van der Waals surface area contributed by atoms with E-state index in [9.17, 15) is 33.6 Å². The largest absolute Gasteiger partial charge is 0.445 e. The Kier molecular flexibility index (Phi) is 16.6. The van der Waals surface area contributed by atoms with Gasteiger partial charge >= 0.3 is 12.1 Å². The molecule has 0 unspecified atom stereocenters. The van der Waals surface area contributed by atoms with Gasteiger partial charge in [0.1, 0.15) is 18.7 Å². The molecule has 1 aromatic carbocycles. The number of amides is 8. The van der Waals surface area contributed by atoms with Crippen LogP contribution in [0.5, 0.6) is 0 Å². The Labute approximate surface area is 280 Å². The Morgan fingerprint density at radius 1 is 0.917 bits per heavy atom. The number of primary amides is 1. The van der Waals surface area contributed by atoms with Crippen LogP contribution in [-0.2, 0) is 35.3 Å². The van der Waals surface area contributed by atoms with E-state index in [-0.39, 0.29) is 56.2 Å². The third-order valence-electron chi connectivity index (χ3n) is 7.41. The first kappa shape index (κ1) is 39.2. The lowest BCUT2D eigenvalue weighted by Gasteiger charge is -2.25. The topological polar surface area (TPSA) is 235 Å². The average molecular weight is 673 g/mol. The van der Waals surface area contributed by atoms with Gasteiger partial charge in [0.25, 0.3) is 11.8 Å². The quantitative estimate of drug-likeness (QED) is 0.0844. The summed E-state index contributed by atoms with van der Waals surface area (Å²) in [6.45, 7) is 4.68. The lowest BCUT2D eigenvalue weighted by molar-refractivity contribution is -0.137. The number of rotatable bonds is 20. The second-order valence-electron chi connectivity index (χ2n) is 11.7. The number of anilines is 1. The number of carbonyl (C=O) groups is 7. The van der Waals surface area contributed by atoms with Gasteiger partial charge in [-0.1, -0.05) is 32.4 Å². The first-order chi connectivity index (χ1) is 22.8. The minimum Gasteiger partial charge on any atom is -0.445 e. The lowest BCUT2D eigenvalue weighted by Crippen LogP contribution is -2.54. The number of carbonyl (C=O) groups excluding carboxylic acids is 7. The van der Waals surface area contributed by atoms with Crippen molar-refractivity contribution in [3.63, 3.8) is 0 Å². The molecule has 0 fully saturated rings. The van der Waals surface area contributed by atoms with Crippen molar-refractivity contribution in [3.05, 3.63) is 42.0 Å². The highest BCUT2D eigenvalue weighted by molar-refractivity contribution is 6.12. The van der Waals surface area contributed by atoms with Crippen LogP contribution in [0.3, 0.4) is 0 Å². The highest BCUT2D eigenvalue weighted by Crippen LogP contribution is 2.14. The minimum absolute atomic E-state index is 0.0220. The fourth-order valence-electron chi connectivity index (χ4n) is 4.67. The molecule has 0 saturated carbocycles. The molecule has 0 radical (unpaired) electrons. The molecule has 48 heavy (non-hydrogen) atoms. The lowest BCUT2D eigenvalue weighted by atomic mass is 10.0. The van der Waals surface area contributed by atoms with E-state index in [0.717, 1.165) is 4.90 Å². The van der Waals surface area contributed by atoms with Crippen LogP contribution < -0.4 is 32.7 Å². The molecule has 0 saturated heterocycles. The summed E-state index contributed by atoms with van der Waals surface area (Å²) in [5.74, 6) is -2.39. The molecule has 264 valence electrons. The Bertz CT molecular complexity index is 1300. The Morgan fingerprint density at radius 2 is 1.58 bits per heavy atom. The van der Waals surface area contributed by atoms with Gasteiger partial charge in [0, 0.05) is 57.5 Å². The van der Waals surface area contributed by atoms with Crippen LogP contribution in [0.25, 0.3) is 0 Å². The summed E-state index contributed by atoms with van der Waals surface area (Å²) in [6, 6.07) is 3.99. The number of hydrogen-bond donors (Lipinski definition) is 6. The van der Waals surface area contributed by atoms with E-state index in [4.69, 9.17) is 16.2 Å². The first-order valence-corrected chi connectivity index (χ1v) is 16.0. The summed E-state index contributed by atoms with van der Waals surface area (Å²) in [7, 11) is 1.58. The van der Waals surface area contributed by atoms with Crippen LogP contribution in [0.4, 0.5) is 15.3 Å². The molecule has 0 spiro atoms. The van der Waals surface area contributed by atoms with Crippen LogP contribution in [0.1, 0.15) is 57.9 Å². The van der Waals surface area contributed by atoms with E-state index >= 15 is 0 Å². The zero-order valence-electron chi connectivity index (χ0n) is 27.8. The molecular weight excluding hydrogens is 624 g/mol. The third-order valence-corrected chi connectivity index (χ3v) is 7.41. The van der Waals surface area contributed by atoms with Crippen molar-refractivity contribution in [2.24, 2.45) is 17.4 Å². The van der Waals surface area contributed by atoms with Crippen molar-refractivity contribution in [2.75, 3.05) is 38.5 Å². The molecule has 1 aliphatic heterocycles. The Morgan fingerprint density at radius 3 is 2.19 bits per heavy atom. The summed E-state index contributed by atoms with van der Waals surface area (Å²) in [6.07, 6.45) is 4.21. The normalized spacial score (nSPS) is 13.6. The van der Waals surface area contributed by atoms with Crippen LogP contribution >= 0.6 is 0 Å². The monoisotopic (exact) mass is 672 g/mol. The molecule has 8 N–H and O–H groups in total. The number of nitrogens with one attached hydrogen (secondary N) is 4. The van der Waals surface area contributed by atoms with E-state index in [2.05, 4.69) is 21.3 Å². The van der Waals surface area contributed by atoms with Gasteiger partial charge in [-0.3, -0.25) is 28.9 Å². The van der Waals surface area contributed by atoms with Crippen LogP contribution in [0.15, 0.2) is 36.4 Å². The molecule has 2 rings (SSSR count). The van der Waals surface area contributed by atoms with Gasteiger partial charge in [0.2, 0.25) is 17.7 Å². The summed E-state index contributed by atoms with van der Waals surface area (Å²) in [5.41, 5.74) is 11.7. The second-order valence-corrected chi connectivity index (χ2v) is 11.7. The number of nitrogens with zero attached hydrogens (tertiary/aromatic N) is 2. The SMILES string of the molecule is CC(C)[C@H](NC(=O)CCCCCN1C(=O)C=CC1=O)C(=O)N[C@@H](CCCNC(N)=O)C(=O)Nc1ccc(COC(=O)N(C)CCN)cc1. The molecule has 16 heteroatoms. The Hall–Kier alpha value is -4.99. The van der Waals surface area contributed by atoms with Gasteiger partial charge < -0.3 is 42.4 Å². The summed E-state index contributed by atoms with van der Waals surface area (Å²) in [4.78, 5) is 88.3. The van der Waals surface area contributed by atoms with Crippen LogP contribution in [-0.4, -0.2) is 96.8 Å². The summed E-state index contributed by atoms with van der Waals surface area (Å²) >= 11 is 0. The molecule has 16 nitrogen and oxygen atoms in total. The second kappa shape index (κ2) is 20.3. The van der Waals surface area contributed by atoms with Crippen molar-refractivity contribution in [3.8, 4) is 0 Å². The Balaban J connectivity index is 1.94. The smallest absolute Gasteiger partial charge is 0.409 e. The first-order valence-electron chi connectivity index (χ1n) is 16.0. The van der Waals surface area contributed by atoms with E-state index in [1.807, 2.05) is 0 Å². The highest BCUT2D eigenvalue weighted by atomic mass is 16.6. The molecule has 1 heterocycles. The zero-order valence-corrected chi connectivity index (χ0v) is 27.8. The van der Waals surface area contributed by atoms with Crippen molar-refractivity contribution >= 4 is 47.3 Å². The molecule has 0 aromatic heterocycles. The van der Waals surface area contributed by atoms with E-state index in [1.165, 1.54) is 17.1 Å². The summed E-state index contributed by atoms with van der Waals surface area (Å²) < 4.78 is 5.25. The molecule has 2 atom stereocenters. The minimum atomic E-state index is -1.01. The van der Waals surface area contributed by atoms with Gasteiger partial charge in [-0.15, -0.1) is 0 Å². The number of unbranched alkanes of at least 4 members (excludes halogenated alkanes) is 2. The van der Waals surface area contributed by atoms with Crippen LogP contribution in [0, 0.1) is 5.92 Å². The molecule has 0 aliphatic carbocycles. The van der Waals surface area contributed by atoms with E-state index < -0.39 is 36.0 Å². The number of nitrogens with two attached hydrogens (primary N) is 2. The maximum Gasteiger partial charge on any atom is 0.409 e. The van der Waals surface area contributed by atoms with Crippen molar-refractivity contribution in [2.45, 2.75) is 71.1 Å². The number of imide groups is 1. The molecule has 8 amide bonds. The van der Waals surface area contributed by atoms with Gasteiger partial charge in [0.15, 0.2) is 0 Å². The van der Waals surface area contributed by atoms with Crippen molar-refractivity contribution in [1.82, 2.24) is 25.8 Å². The van der Waals surface area contributed by atoms with Gasteiger partial charge in [-0.2, -0.15) is 0 Å². The van der Waals surface area contributed by atoms with Gasteiger partial charge in [-0.25, -0.2) is 9.59 Å². The third kappa shape index (κ3) is 13.8. The van der Waals surface area contributed by atoms with Crippen molar-refractivity contribution < 1.29 is 38.3 Å². The standard InChI is InChI=1S/C32H48N8O8/c1-21(2)28(38-25(41)9-5-4-6-18-40-26(42)14-15-27(40)43)30(45)37-24(8-7-17-35-31(34)46)29(44)36-23-12-10-22(11-13-23)20-48-32(47)39(3)19-16-33/h10-15,21,24,28H,4-9,16-20,33H2,1-3H3,(H,36,44)(H,37,45)(H,38,41)(H3,34,35,46)/t24-,28-/m0/s1. The molecule has 1 aliphatic rings. The van der Waals surface area contributed by atoms with Crippen LogP contribution in [0.2, 0.25) is 0 Å².